The first kappa shape index (κ1) is 18.5. The molecule has 0 saturated heterocycles. The van der Waals surface area contributed by atoms with Gasteiger partial charge in [0.1, 0.15) is 24.7 Å². The van der Waals surface area contributed by atoms with Gasteiger partial charge in [-0.1, -0.05) is 0 Å². The van der Waals surface area contributed by atoms with Crippen molar-refractivity contribution in [3.63, 3.8) is 0 Å². The summed E-state index contributed by atoms with van der Waals surface area (Å²) in [6.45, 7) is 1.34. The summed E-state index contributed by atoms with van der Waals surface area (Å²) in [6, 6.07) is -1.30. The third-order valence-electron chi connectivity index (χ3n) is 1.94. The van der Waals surface area contributed by atoms with Crippen LogP contribution in [-0.2, 0) is 27.9 Å². The normalized spacial score (nSPS) is 17.7. The Morgan fingerprint density at radius 3 is 2.37 bits per heavy atom. The Kier molecular flexibility index (Phi) is 9.11. The molecule has 114 valence electrons. The minimum atomic E-state index is -4.60. The number of hydrogen-bond acceptors (Lipinski definition) is 8. The molecule has 0 amide bonds. The monoisotopic (exact) mass is 300 g/mol. The number of methoxy groups -OCH3 is 1. The van der Waals surface area contributed by atoms with Gasteiger partial charge in [-0.3, -0.25) is 4.57 Å². The number of aliphatic carboxylic acids is 1. The second-order valence-electron chi connectivity index (χ2n) is 3.59. The zero-order chi connectivity index (χ0) is 14.9. The van der Waals surface area contributed by atoms with Crippen LogP contribution in [0.25, 0.3) is 0 Å². The number of carbonyl (C=O) groups is 1. The van der Waals surface area contributed by atoms with Gasteiger partial charge >= 0.3 is 0 Å². The summed E-state index contributed by atoms with van der Waals surface area (Å²) in [5, 5.41) is 10.3. The van der Waals surface area contributed by atoms with E-state index in [1.165, 1.54) is 7.11 Å². The van der Waals surface area contributed by atoms with Crippen molar-refractivity contribution >= 4 is 13.8 Å². The maximum Gasteiger partial charge on any atom is 0.268 e. The Morgan fingerprint density at radius 2 is 1.89 bits per heavy atom. The molecule has 0 aromatic heterocycles. The van der Waals surface area contributed by atoms with Gasteiger partial charge in [-0.05, 0) is 6.92 Å². The van der Waals surface area contributed by atoms with Gasteiger partial charge in [0.05, 0.1) is 13.2 Å². The highest BCUT2D eigenvalue weighted by atomic mass is 31.2. The maximum absolute atomic E-state index is 11.3. The summed E-state index contributed by atoms with van der Waals surface area (Å²) in [6.07, 6.45) is -0.558. The summed E-state index contributed by atoms with van der Waals surface area (Å²) in [5.74, 6) is -1.51. The molecule has 0 fully saturated rings. The third kappa shape index (κ3) is 9.06. The van der Waals surface area contributed by atoms with Crippen molar-refractivity contribution in [1.82, 2.24) is 0 Å². The quantitative estimate of drug-likeness (QED) is 0.395. The highest BCUT2D eigenvalue weighted by Gasteiger charge is 2.18. The van der Waals surface area contributed by atoms with Crippen LogP contribution in [0.5, 0.6) is 0 Å². The lowest BCUT2D eigenvalue weighted by molar-refractivity contribution is -0.441. The fraction of sp³-hybridized carbons (Fsp3) is 0.889. The second kappa shape index (κ2) is 9.38. The van der Waals surface area contributed by atoms with Crippen LogP contribution in [0.1, 0.15) is 6.92 Å². The van der Waals surface area contributed by atoms with Crippen molar-refractivity contribution in [3.05, 3.63) is 0 Å². The molecule has 3 unspecified atom stereocenters. The van der Waals surface area contributed by atoms with Crippen LogP contribution in [0.3, 0.4) is 0 Å². The number of carboxylic acid groups (broad SMARTS) is 1. The van der Waals surface area contributed by atoms with Crippen LogP contribution in [0.2, 0.25) is 0 Å². The molecule has 0 radical (unpaired) electrons. The first-order chi connectivity index (χ1) is 8.82. The van der Waals surface area contributed by atoms with Crippen molar-refractivity contribution in [3.8, 4) is 0 Å². The largest absolute Gasteiger partial charge is 0.756 e. The van der Waals surface area contributed by atoms with E-state index in [1.54, 1.807) is 6.92 Å². The fourth-order valence-electron chi connectivity index (χ4n) is 1.03. The Hall–Kier alpha value is -0.540. The van der Waals surface area contributed by atoms with E-state index in [9.17, 15) is 19.4 Å². The van der Waals surface area contributed by atoms with E-state index in [0.717, 1.165) is 0 Å². The highest BCUT2D eigenvalue weighted by molar-refractivity contribution is 7.45. The van der Waals surface area contributed by atoms with E-state index in [4.69, 9.17) is 9.47 Å². The van der Waals surface area contributed by atoms with Crippen LogP contribution in [-0.4, -0.2) is 51.7 Å². The van der Waals surface area contributed by atoms with Gasteiger partial charge in [0.25, 0.3) is 7.82 Å². The second-order valence-corrected chi connectivity index (χ2v) is 5.00. The van der Waals surface area contributed by atoms with Crippen LogP contribution >= 0.6 is 7.82 Å². The van der Waals surface area contributed by atoms with E-state index in [2.05, 4.69) is 14.8 Å². The molecule has 0 aromatic carbocycles. The van der Waals surface area contributed by atoms with Gasteiger partial charge in [0, 0.05) is 13.7 Å². The lowest BCUT2D eigenvalue weighted by atomic mass is 10.3. The highest BCUT2D eigenvalue weighted by Crippen LogP contribution is 2.38. The molecule has 3 N–H and O–H groups in total. The minimum absolute atomic E-state index is 0.158. The molecule has 0 rings (SSSR count). The zero-order valence-electron chi connectivity index (χ0n) is 10.9. The molecule has 0 aliphatic rings. The molecule has 3 atom stereocenters. The summed E-state index contributed by atoms with van der Waals surface area (Å²) < 4.78 is 30.2. The molecule has 0 aromatic rings. The number of rotatable bonds is 11. The summed E-state index contributed by atoms with van der Waals surface area (Å²) >= 11 is 0. The number of carboxylic acids is 1. The number of phosphoric acid groups is 1. The van der Waals surface area contributed by atoms with E-state index in [1.807, 2.05) is 0 Å². The van der Waals surface area contributed by atoms with Crippen LogP contribution in [0.4, 0.5) is 0 Å². The standard InChI is InChI=1S/C9H20NO8P/c1-3-16-7(4-15-2)5-17-19(13,14)18-6-8(10)9(11)12/h7-8H,3-6,10H2,1-2H3,(H,11,12)(H,13,14)/p-1. The van der Waals surface area contributed by atoms with E-state index in [0.29, 0.717) is 6.61 Å². The molecule has 9 nitrogen and oxygen atoms in total. The summed E-state index contributed by atoms with van der Waals surface area (Å²) in [7, 11) is -3.17. The average Bonchev–Trinajstić information content (AvgIpc) is 2.33. The van der Waals surface area contributed by atoms with Gasteiger partial charge < -0.3 is 39.0 Å². The number of phosphoric ester groups is 1. The topological polar surface area (TPSA) is 145 Å². The number of ether oxygens (including phenoxy) is 2. The van der Waals surface area contributed by atoms with Gasteiger partial charge in [-0.15, -0.1) is 0 Å². The van der Waals surface area contributed by atoms with Crippen LogP contribution in [0.15, 0.2) is 0 Å². The van der Waals surface area contributed by atoms with Crippen molar-refractivity contribution in [2.24, 2.45) is 0 Å². The molecule has 0 saturated carbocycles. The van der Waals surface area contributed by atoms with E-state index < -0.39 is 32.5 Å². The Labute approximate surface area is 111 Å². The smallest absolute Gasteiger partial charge is 0.268 e. The molecule has 10 heteroatoms. The summed E-state index contributed by atoms with van der Waals surface area (Å²) in [5.41, 5.74) is 3.15. The van der Waals surface area contributed by atoms with Gasteiger partial charge in [-0.2, -0.15) is 0 Å². The Morgan fingerprint density at radius 1 is 1.32 bits per heavy atom. The van der Waals surface area contributed by atoms with Crippen LogP contribution < -0.4 is 15.7 Å². The van der Waals surface area contributed by atoms with Gasteiger partial charge in [-0.25, -0.2) is 0 Å². The van der Waals surface area contributed by atoms with E-state index in [-0.39, 0.29) is 13.2 Å². The average molecular weight is 300 g/mol. The summed E-state index contributed by atoms with van der Waals surface area (Å²) in [4.78, 5) is 21.6. The lowest BCUT2D eigenvalue weighted by Gasteiger charge is -2.26. The molecule has 0 aliphatic heterocycles. The zero-order valence-corrected chi connectivity index (χ0v) is 11.8. The van der Waals surface area contributed by atoms with E-state index >= 15 is 0 Å². The minimum Gasteiger partial charge on any atom is -0.756 e. The molecular formula is C9H19NO8P-. The Bertz CT molecular complexity index is 307. The maximum atomic E-state index is 11.3. The fourth-order valence-corrected chi connectivity index (χ4v) is 1.81. The molecular weight excluding hydrogens is 281 g/mol. The van der Waals surface area contributed by atoms with Crippen molar-refractivity contribution in [1.29, 1.82) is 0 Å². The lowest BCUT2D eigenvalue weighted by Crippen LogP contribution is -2.70. The molecule has 0 heterocycles. The molecule has 0 aliphatic carbocycles. The van der Waals surface area contributed by atoms with Gasteiger partial charge in [0.15, 0.2) is 0 Å². The molecule has 0 bridgehead atoms. The van der Waals surface area contributed by atoms with Crippen molar-refractivity contribution in [2.75, 3.05) is 33.5 Å². The van der Waals surface area contributed by atoms with Crippen LogP contribution in [0, 0.1) is 0 Å². The van der Waals surface area contributed by atoms with Crippen molar-refractivity contribution in [2.45, 2.75) is 19.1 Å². The SMILES string of the molecule is CCOC(COC)COP(=O)([O-])OCC([NH3+])C(=O)[O-]. The number of carbonyl (C=O) groups excluding carboxylic acids is 1. The predicted octanol–water partition coefficient (Wildman–Crippen LogP) is -3.10. The number of quaternary nitrogens is 1. The first-order valence-corrected chi connectivity index (χ1v) is 7.03. The predicted molar refractivity (Wildman–Crippen MR) is 58.5 cm³/mol. The molecule has 19 heavy (non-hydrogen) atoms. The van der Waals surface area contributed by atoms with Gasteiger partial charge in [0.2, 0.25) is 0 Å². The van der Waals surface area contributed by atoms with Crippen molar-refractivity contribution < 1.29 is 43.6 Å². The Balaban J connectivity index is 4.13. The number of hydrogen-bond donors (Lipinski definition) is 1. The molecule has 0 spiro atoms. The first-order valence-electron chi connectivity index (χ1n) is 5.57. The third-order valence-corrected chi connectivity index (χ3v) is 2.87.